The van der Waals surface area contributed by atoms with Crippen molar-refractivity contribution in [1.29, 1.82) is 0 Å². The molecule has 0 aliphatic rings. The van der Waals surface area contributed by atoms with Gasteiger partial charge in [-0.3, -0.25) is 4.39 Å². The second-order valence-electron chi connectivity index (χ2n) is 2.48. The Labute approximate surface area is 61.2 Å². The molecule has 0 aliphatic carbocycles. The third kappa shape index (κ3) is 5.98. The van der Waals surface area contributed by atoms with Crippen LogP contribution in [0.2, 0.25) is 0 Å². The summed E-state index contributed by atoms with van der Waals surface area (Å²) >= 11 is 0. The minimum absolute atomic E-state index is 0.0373. The Morgan fingerprint density at radius 3 is 2.50 bits per heavy atom. The van der Waals surface area contributed by atoms with Gasteiger partial charge in [-0.05, 0) is 12.8 Å². The predicted molar refractivity (Wildman–Crippen MR) is 39.5 cm³/mol. The summed E-state index contributed by atoms with van der Waals surface area (Å²) in [4.78, 5) is 0. The van der Waals surface area contributed by atoms with E-state index in [9.17, 15) is 4.39 Å². The molecule has 0 amide bonds. The Bertz CT molecular complexity index is 70.6. The second-order valence-corrected chi connectivity index (χ2v) is 2.48. The number of unbranched alkanes of at least 4 members (excludes halogenated alkanes) is 2. The van der Waals surface area contributed by atoms with E-state index in [1.165, 1.54) is 0 Å². The summed E-state index contributed by atoms with van der Waals surface area (Å²) in [6, 6.07) is -0.111. The minimum Gasteiger partial charge on any atom is -0.395 e. The summed E-state index contributed by atoms with van der Waals surface area (Å²) in [5, 5.41) is 8.49. The fourth-order valence-electron chi connectivity index (χ4n) is 0.769. The molecule has 0 spiro atoms. The highest BCUT2D eigenvalue weighted by Crippen LogP contribution is 2.01. The highest BCUT2D eigenvalue weighted by molar-refractivity contribution is 4.57. The zero-order chi connectivity index (χ0) is 7.82. The predicted octanol–water partition coefficient (Wildman–Crippen LogP) is 0.836. The first-order valence-electron chi connectivity index (χ1n) is 3.73. The van der Waals surface area contributed by atoms with Crippen LogP contribution >= 0.6 is 0 Å². The zero-order valence-corrected chi connectivity index (χ0v) is 6.22. The first-order chi connectivity index (χ1) is 4.81. The van der Waals surface area contributed by atoms with Gasteiger partial charge < -0.3 is 10.8 Å². The van der Waals surface area contributed by atoms with Crippen molar-refractivity contribution in [2.75, 3.05) is 13.3 Å². The fourth-order valence-corrected chi connectivity index (χ4v) is 0.769. The highest BCUT2D eigenvalue weighted by atomic mass is 19.1. The average Bonchev–Trinajstić information content (AvgIpc) is 1.98. The van der Waals surface area contributed by atoms with Crippen LogP contribution in [0.4, 0.5) is 4.39 Å². The number of nitrogens with two attached hydrogens (primary N) is 1. The first-order valence-corrected chi connectivity index (χ1v) is 3.73. The molecular weight excluding hydrogens is 133 g/mol. The molecule has 0 aromatic heterocycles. The molecule has 62 valence electrons. The molecule has 2 nitrogen and oxygen atoms in total. The normalized spacial score (nSPS) is 13.5. The molecule has 0 fully saturated rings. The third-order valence-corrected chi connectivity index (χ3v) is 1.44. The highest BCUT2D eigenvalue weighted by Gasteiger charge is 1.98. The van der Waals surface area contributed by atoms with Gasteiger partial charge in [0.15, 0.2) is 0 Å². The van der Waals surface area contributed by atoms with Gasteiger partial charge in [0.05, 0.1) is 13.3 Å². The summed E-state index contributed by atoms with van der Waals surface area (Å²) < 4.78 is 11.5. The quantitative estimate of drug-likeness (QED) is 0.550. The van der Waals surface area contributed by atoms with E-state index in [2.05, 4.69) is 0 Å². The number of hydrogen-bond acceptors (Lipinski definition) is 2. The average molecular weight is 149 g/mol. The molecule has 0 aliphatic heterocycles. The van der Waals surface area contributed by atoms with Crippen LogP contribution in [0.5, 0.6) is 0 Å². The Balaban J connectivity index is 2.89. The molecule has 3 heteroatoms. The molecule has 1 unspecified atom stereocenters. The summed E-state index contributed by atoms with van der Waals surface area (Å²) in [5.41, 5.74) is 5.41. The maximum absolute atomic E-state index is 11.5. The molecule has 0 bridgehead atoms. The number of aliphatic hydroxyl groups is 1. The van der Waals surface area contributed by atoms with Crippen molar-refractivity contribution in [3.63, 3.8) is 0 Å². The first kappa shape index (κ1) is 9.85. The smallest absolute Gasteiger partial charge is 0.0894 e. The van der Waals surface area contributed by atoms with Gasteiger partial charge in [0.1, 0.15) is 0 Å². The molecule has 0 aromatic carbocycles. The van der Waals surface area contributed by atoms with E-state index in [1.807, 2.05) is 0 Å². The van der Waals surface area contributed by atoms with Crippen molar-refractivity contribution in [3.05, 3.63) is 0 Å². The molecule has 3 N–H and O–H groups in total. The van der Waals surface area contributed by atoms with Crippen molar-refractivity contribution in [1.82, 2.24) is 0 Å². The van der Waals surface area contributed by atoms with Crippen LogP contribution in [0.15, 0.2) is 0 Å². The number of rotatable bonds is 6. The maximum atomic E-state index is 11.5. The molecule has 10 heavy (non-hydrogen) atoms. The Morgan fingerprint density at radius 1 is 1.30 bits per heavy atom. The maximum Gasteiger partial charge on any atom is 0.0894 e. The molecular formula is C7H16FNO. The van der Waals surface area contributed by atoms with E-state index in [4.69, 9.17) is 10.8 Å². The van der Waals surface area contributed by atoms with Crippen molar-refractivity contribution in [2.24, 2.45) is 5.73 Å². The van der Waals surface area contributed by atoms with Crippen molar-refractivity contribution in [2.45, 2.75) is 31.7 Å². The van der Waals surface area contributed by atoms with E-state index in [-0.39, 0.29) is 19.3 Å². The summed E-state index contributed by atoms with van der Waals surface area (Å²) in [6.45, 7) is -0.204. The number of halogens is 1. The van der Waals surface area contributed by atoms with Gasteiger partial charge in [0.2, 0.25) is 0 Å². The van der Waals surface area contributed by atoms with Gasteiger partial charge in [-0.25, -0.2) is 0 Å². The van der Waals surface area contributed by atoms with E-state index >= 15 is 0 Å². The SMILES string of the molecule is NC(CO)CCCCCF. The minimum atomic E-state index is -0.242. The number of alkyl halides is 1. The molecule has 0 saturated heterocycles. The van der Waals surface area contributed by atoms with Crippen molar-refractivity contribution >= 4 is 0 Å². The molecule has 0 radical (unpaired) electrons. The Kier molecular flexibility index (Phi) is 6.86. The van der Waals surface area contributed by atoms with Crippen LogP contribution in [0, 0.1) is 0 Å². The number of aliphatic hydroxyl groups excluding tert-OH is 1. The second kappa shape index (κ2) is 6.96. The summed E-state index contributed by atoms with van der Waals surface area (Å²) in [5.74, 6) is 0. The van der Waals surface area contributed by atoms with Crippen LogP contribution in [0.3, 0.4) is 0 Å². The van der Waals surface area contributed by atoms with Crippen LogP contribution in [0.1, 0.15) is 25.7 Å². The molecule has 0 rings (SSSR count). The zero-order valence-electron chi connectivity index (χ0n) is 6.22. The van der Waals surface area contributed by atoms with Crippen molar-refractivity contribution in [3.8, 4) is 0 Å². The van der Waals surface area contributed by atoms with E-state index in [1.54, 1.807) is 0 Å². The van der Waals surface area contributed by atoms with Gasteiger partial charge in [0.25, 0.3) is 0 Å². The molecule has 1 atom stereocenters. The summed E-state index contributed by atoms with van der Waals surface area (Å²) in [6.07, 6.45) is 3.23. The molecule has 0 heterocycles. The van der Waals surface area contributed by atoms with Gasteiger partial charge in [-0.2, -0.15) is 0 Å². The Morgan fingerprint density at radius 2 is 2.00 bits per heavy atom. The van der Waals surface area contributed by atoms with Crippen LogP contribution < -0.4 is 5.73 Å². The fraction of sp³-hybridized carbons (Fsp3) is 1.00. The monoisotopic (exact) mass is 149 g/mol. The standard InChI is InChI=1S/C7H16FNO/c8-5-3-1-2-4-7(9)6-10/h7,10H,1-6,9H2. The Hall–Kier alpha value is -0.150. The molecule has 0 aromatic rings. The lowest BCUT2D eigenvalue weighted by molar-refractivity contribution is 0.257. The lowest BCUT2D eigenvalue weighted by Gasteiger charge is -2.05. The van der Waals surface area contributed by atoms with Crippen molar-refractivity contribution < 1.29 is 9.50 Å². The van der Waals surface area contributed by atoms with E-state index in [0.717, 1.165) is 19.3 Å². The van der Waals surface area contributed by atoms with Crippen LogP contribution in [-0.2, 0) is 0 Å². The topological polar surface area (TPSA) is 46.2 Å². The van der Waals surface area contributed by atoms with E-state index in [0.29, 0.717) is 6.42 Å². The van der Waals surface area contributed by atoms with Crippen LogP contribution in [0.25, 0.3) is 0 Å². The van der Waals surface area contributed by atoms with Gasteiger partial charge in [-0.1, -0.05) is 12.8 Å². The van der Waals surface area contributed by atoms with Gasteiger partial charge >= 0.3 is 0 Å². The molecule has 0 saturated carbocycles. The lowest BCUT2D eigenvalue weighted by Crippen LogP contribution is -2.23. The third-order valence-electron chi connectivity index (χ3n) is 1.44. The summed E-state index contributed by atoms with van der Waals surface area (Å²) in [7, 11) is 0. The van der Waals surface area contributed by atoms with Gasteiger partial charge in [0, 0.05) is 6.04 Å². The van der Waals surface area contributed by atoms with Crippen LogP contribution in [-0.4, -0.2) is 24.4 Å². The lowest BCUT2D eigenvalue weighted by atomic mass is 10.1. The van der Waals surface area contributed by atoms with Gasteiger partial charge in [-0.15, -0.1) is 0 Å². The number of hydrogen-bond donors (Lipinski definition) is 2. The van der Waals surface area contributed by atoms with E-state index < -0.39 is 0 Å². The largest absolute Gasteiger partial charge is 0.395 e.